The fourth-order valence-electron chi connectivity index (χ4n) is 2.48. The minimum Gasteiger partial charge on any atom is -0.478 e. The average Bonchev–Trinajstić information content (AvgIpc) is 2.54. The van der Waals surface area contributed by atoms with Gasteiger partial charge in [0.15, 0.2) is 0 Å². The van der Waals surface area contributed by atoms with Crippen molar-refractivity contribution in [1.82, 2.24) is 0 Å². The highest BCUT2D eigenvalue weighted by atomic mass is 19.4. The lowest BCUT2D eigenvalue weighted by Gasteiger charge is -2.37. The molecule has 6 nitrogen and oxygen atoms in total. The molecule has 182 valence electrons. The number of hydrogen-bond donors (Lipinski definition) is 4. The Bertz CT molecular complexity index is 825. The fourth-order valence-corrected chi connectivity index (χ4v) is 2.48. The number of carboxylic acid groups (broad SMARTS) is 2. The van der Waals surface area contributed by atoms with Gasteiger partial charge in [0.1, 0.15) is 0 Å². The Morgan fingerprint density at radius 3 is 0.906 bits per heavy atom. The Morgan fingerprint density at radius 2 is 0.750 bits per heavy atom. The second kappa shape index (κ2) is 7.39. The van der Waals surface area contributed by atoms with Gasteiger partial charge in [0, 0.05) is 11.1 Å². The van der Waals surface area contributed by atoms with E-state index in [1.807, 2.05) is 0 Å². The normalized spacial score (nSPS) is 14.4. The summed E-state index contributed by atoms with van der Waals surface area (Å²) in [6.07, 6.45) is -28.0. The lowest BCUT2D eigenvalue weighted by molar-refractivity contribution is -0.378. The van der Waals surface area contributed by atoms with Crippen molar-refractivity contribution in [2.24, 2.45) is 0 Å². The van der Waals surface area contributed by atoms with Crippen LogP contribution in [0.5, 0.6) is 0 Å². The topological polar surface area (TPSA) is 115 Å². The Balaban J connectivity index is 4.46. The summed E-state index contributed by atoms with van der Waals surface area (Å²) in [5, 5.41) is 36.3. The van der Waals surface area contributed by atoms with Crippen molar-refractivity contribution < 1.29 is 82.7 Å². The molecule has 0 amide bonds. The number of benzene rings is 1. The van der Waals surface area contributed by atoms with Crippen LogP contribution >= 0.6 is 0 Å². The Morgan fingerprint density at radius 1 is 0.531 bits per heavy atom. The zero-order chi connectivity index (χ0) is 25.9. The summed E-state index contributed by atoms with van der Waals surface area (Å²) in [6.45, 7) is 0. The van der Waals surface area contributed by atoms with Gasteiger partial charge in [-0.15, -0.1) is 0 Å². The van der Waals surface area contributed by atoms with Gasteiger partial charge in [-0.2, -0.15) is 52.7 Å². The van der Waals surface area contributed by atoms with Gasteiger partial charge in [-0.05, 0) is 12.1 Å². The third-order valence-electron chi connectivity index (χ3n) is 4.04. The molecule has 0 saturated heterocycles. The van der Waals surface area contributed by atoms with Crippen LogP contribution in [0.3, 0.4) is 0 Å². The van der Waals surface area contributed by atoms with Crippen LogP contribution in [0, 0.1) is 0 Å². The van der Waals surface area contributed by atoms with Crippen molar-refractivity contribution in [3.63, 3.8) is 0 Å². The molecule has 0 bridgehead atoms. The first-order valence-electron chi connectivity index (χ1n) is 7.23. The molecule has 0 spiro atoms. The van der Waals surface area contributed by atoms with E-state index >= 15 is 0 Å². The maximum Gasteiger partial charge on any atom is 0.430 e. The van der Waals surface area contributed by atoms with Crippen LogP contribution in [-0.2, 0) is 11.2 Å². The fraction of sp³-hybridized carbons (Fsp3) is 0.429. The Hall–Kier alpha value is -2.76. The molecular weight excluding hydrogens is 492 g/mol. The van der Waals surface area contributed by atoms with Gasteiger partial charge in [-0.25, -0.2) is 9.59 Å². The highest BCUT2D eigenvalue weighted by molar-refractivity contribution is 5.96. The number of carbonyl (C=O) groups is 2. The number of carboxylic acids is 2. The highest BCUT2D eigenvalue weighted by Crippen LogP contribution is 2.55. The monoisotopic (exact) mass is 498 g/mol. The van der Waals surface area contributed by atoms with Gasteiger partial charge in [0.25, 0.3) is 11.2 Å². The number of aliphatic hydroxyl groups is 2. The molecule has 1 rings (SSSR count). The van der Waals surface area contributed by atoms with Crippen molar-refractivity contribution in [2.45, 2.75) is 35.9 Å². The van der Waals surface area contributed by atoms with Crippen LogP contribution in [0.15, 0.2) is 12.1 Å². The summed E-state index contributed by atoms with van der Waals surface area (Å²) in [5.74, 6) is -5.80. The summed E-state index contributed by atoms with van der Waals surface area (Å²) >= 11 is 0. The third kappa shape index (κ3) is 3.91. The van der Waals surface area contributed by atoms with E-state index in [9.17, 15) is 72.5 Å². The molecule has 18 heteroatoms. The summed E-state index contributed by atoms with van der Waals surface area (Å²) in [7, 11) is 0. The molecule has 0 heterocycles. The largest absolute Gasteiger partial charge is 0.478 e. The first-order chi connectivity index (χ1) is 13.9. The number of halogens is 12. The lowest BCUT2D eigenvalue weighted by atomic mass is 9.80. The van der Waals surface area contributed by atoms with E-state index in [0.29, 0.717) is 0 Å². The predicted molar refractivity (Wildman–Crippen MR) is 72.4 cm³/mol. The molecule has 0 radical (unpaired) electrons. The number of aromatic carboxylic acids is 2. The van der Waals surface area contributed by atoms with E-state index in [1.54, 1.807) is 0 Å². The molecule has 4 N–H and O–H groups in total. The first kappa shape index (κ1) is 27.3. The summed E-state index contributed by atoms with van der Waals surface area (Å²) in [4.78, 5) is 22.2. The molecule has 0 aliphatic heterocycles. The smallest absolute Gasteiger partial charge is 0.430 e. The lowest BCUT2D eigenvalue weighted by Crippen LogP contribution is -2.56. The average molecular weight is 498 g/mol. The summed E-state index contributed by atoms with van der Waals surface area (Å²) in [6, 6.07) is -2.38. The van der Waals surface area contributed by atoms with E-state index in [0.717, 1.165) is 0 Å². The van der Waals surface area contributed by atoms with Crippen molar-refractivity contribution >= 4 is 11.9 Å². The maximum atomic E-state index is 13.1. The molecule has 1 aromatic rings. The second-order valence-corrected chi connectivity index (χ2v) is 5.97. The standard InChI is InChI=1S/C14H6F12O6/c15-11(16,17)9(31,12(18,19)20)5-2-6(4(8(29)30)1-3(5)7(27)28)10(32,13(21,22)23)14(24,25)26/h1-2,31-32H,(H,27,28)(H,29,30). The van der Waals surface area contributed by atoms with Gasteiger partial charge in [0.05, 0.1) is 11.1 Å². The van der Waals surface area contributed by atoms with Gasteiger partial charge >= 0.3 is 36.6 Å². The highest BCUT2D eigenvalue weighted by Gasteiger charge is 2.75. The van der Waals surface area contributed by atoms with E-state index < -0.39 is 82.2 Å². The van der Waals surface area contributed by atoms with Crippen LogP contribution in [0.2, 0.25) is 0 Å². The minimum absolute atomic E-state index is 0.916. The van der Waals surface area contributed by atoms with Gasteiger partial charge in [-0.1, -0.05) is 0 Å². The molecule has 0 aromatic heterocycles. The molecular formula is C14H6F12O6. The van der Waals surface area contributed by atoms with E-state index in [1.165, 1.54) is 0 Å². The zero-order valence-electron chi connectivity index (χ0n) is 14.3. The van der Waals surface area contributed by atoms with Crippen LogP contribution in [0.4, 0.5) is 52.7 Å². The molecule has 1 aromatic carbocycles. The summed E-state index contributed by atoms with van der Waals surface area (Å²) < 4.78 is 157. The number of hydrogen-bond acceptors (Lipinski definition) is 4. The Kier molecular flexibility index (Phi) is 6.30. The van der Waals surface area contributed by atoms with Crippen LogP contribution in [0.25, 0.3) is 0 Å². The van der Waals surface area contributed by atoms with Gasteiger partial charge < -0.3 is 20.4 Å². The number of rotatable bonds is 4. The maximum absolute atomic E-state index is 13.1. The first-order valence-corrected chi connectivity index (χ1v) is 7.23. The van der Waals surface area contributed by atoms with Crippen LogP contribution in [-0.4, -0.2) is 57.1 Å². The van der Waals surface area contributed by atoms with Crippen molar-refractivity contribution in [3.05, 3.63) is 34.4 Å². The van der Waals surface area contributed by atoms with E-state index in [-0.39, 0.29) is 0 Å². The predicted octanol–water partition coefficient (Wildman–Crippen LogP) is 3.71. The van der Waals surface area contributed by atoms with Gasteiger partial charge in [-0.3, -0.25) is 0 Å². The molecule has 0 atom stereocenters. The van der Waals surface area contributed by atoms with E-state index in [4.69, 9.17) is 10.2 Å². The van der Waals surface area contributed by atoms with Crippen LogP contribution in [0.1, 0.15) is 31.8 Å². The SMILES string of the molecule is O=C(O)c1cc(C(=O)O)c(C(O)(C(F)(F)F)C(F)(F)F)cc1C(O)(C(F)(F)F)C(F)(F)F. The Labute approximate surface area is 166 Å². The van der Waals surface area contributed by atoms with Crippen molar-refractivity contribution in [2.75, 3.05) is 0 Å². The molecule has 0 aliphatic rings. The minimum atomic E-state index is -6.99. The van der Waals surface area contributed by atoms with Crippen molar-refractivity contribution in [1.29, 1.82) is 0 Å². The number of alkyl halides is 12. The summed E-state index contributed by atoms with van der Waals surface area (Å²) in [5.41, 5.74) is -24.0. The molecule has 0 saturated carbocycles. The zero-order valence-corrected chi connectivity index (χ0v) is 14.3. The van der Waals surface area contributed by atoms with Crippen molar-refractivity contribution in [3.8, 4) is 0 Å². The molecule has 0 aliphatic carbocycles. The quantitative estimate of drug-likeness (QED) is 0.471. The molecule has 0 fully saturated rings. The molecule has 0 unspecified atom stereocenters. The second-order valence-electron chi connectivity index (χ2n) is 5.97. The van der Waals surface area contributed by atoms with E-state index in [2.05, 4.69) is 0 Å². The molecule has 32 heavy (non-hydrogen) atoms. The van der Waals surface area contributed by atoms with Gasteiger partial charge in [0.2, 0.25) is 0 Å². The third-order valence-corrected chi connectivity index (χ3v) is 4.04. The van der Waals surface area contributed by atoms with Crippen LogP contribution < -0.4 is 0 Å².